The Hall–Kier alpha value is -7.16. The number of nitrogens with two attached hydrogens (primary N) is 4. The molecule has 672 valence electrons. The summed E-state index contributed by atoms with van der Waals surface area (Å²) in [6.07, 6.45) is 6.03. The first-order valence-electron chi connectivity index (χ1n) is 54.5. The number of carbonyl (C=O) groups is 4. The zero-order chi connectivity index (χ0) is 109. The van der Waals surface area contributed by atoms with E-state index in [0.717, 1.165) is 122 Å². The number of piperidine rings is 4. The van der Waals surface area contributed by atoms with E-state index in [0.29, 0.717) is 80.2 Å². The van der Waals surface area contributed by atoms with Crippen LogP contribution in [-0.2, 0) is 63.8 Å². The van der Waals surface area contributed by atoms with Gasteiger partial charge in [0.1, 0.15) is 48.5 Å². The molecule has 0 aromatic heterocycles. The molecule has 8 N–H and O–H groups in total. The van der Waals surface area contributed by atoms with E-state index in [9.17, 15) is 19.2 Å². The molecule has 0 radical (unpaired) electrons. The molecule has 0 saturated carbocycles. The third-order valence-electron chi connectivity index (χ3n) is 24.9. The molecule has 0 spiro atoms. The van der Waals surface area contributed by atoms with Crippen LogP contribution in [0.25, 0.3) is 0 Å². The lowest BCUT2D eigenvalue weighted by Crippen LogP contribution is -2.51. The van der Waals surface area contributed by atoms with Crippen molar-refractivity contribution in [2.45, 2.75) is 260 Å². The van der Waals surface area contributed by atoms with Crippen LogP contribution in [0.1, 0.15) is 264 Å². The minimum atomic E-state index is -3.65. The SMILES string of the molecule is [2H]C([2H])([2H])Oc1cc2c(cc1OC)C1CC(OC(=O)C(N)C([2H])(C)C)C(CC(C)C)CN1CC2.[2H]C([2H])([2H])Oc1cc2c(cc1OC)C1CC(OC(=O)C([2H])(N)C(C)C)C(CC(C)C)CN1CC2.[2H]C([2H])([2H])Oc1cc2c(cc1OC)C1CC(OC(=O)C([2H])(N)C([2H])(C([2H])([2H])[2H])C([2H])([2H])[2H])C(CC(C)C)CN1CC2.[2H]C([2H])([2H])Oc1cc2c(cc1OC)C1CC(OC(=O)C([2H])(N)C([2H])(C)C)C(CC(C)C)CN1CC2. The van der Waals surface area contributed by atoms with E-state index in [-0.39, 0.29) is 107 Å². The molecule has 12 rings (SSSR count). The fourth-order valence-corrected chi connectivity index (χ4v) is 18.8. The molecule has 4 aromatic rings. The largest absolute Gasteiger partial charge is 0.493 e. The highest BCUT2D eigenvalue weighted by atomic mass is 16.6. The lowest BCUT2D eigenvalue weighted by molar-refractivity contribution is -0.161. The second kappa shape index (κ2) is 43.9. The minimum Gasteiger partial charge on any atom is -0.493 e. The van der Waals surface area contributed by atoms with Crippen molar-refractivity contribution in [3.8, 4) is 46.0 Å². The van der Waals surface area contributed by atoms with Gasteiger partial charge in [0.15, 0.2) is 46.0 Å². The van der Waals surface area contributed by atoms with Crippen LogP contribution < -0.4 is 60.8 Å². The van der Waals surface area contributed by atoms with E-state index in [1.807, 2.05) is 32.0 Å². The Labute approximate surface area is 752 Å². The summed E-state index contributed by atoms with van der Waals surface area (Å²) in [5.74, 6) is -6.87. The van der Waals surface area contributed by atoms with Crippen molar-refractivity contribution in [2.75, 3.05) is 109 Å². The van der Waals surface area contributed by atoms with Gasteiger partial charge in [-0.3, -0.25) is 38.8 Å². The van der Waals surface area contributed by atoms with Crippen LogP contribution in [0.3, 0.4) is 0 Å². The molecular formula is C96H152N8O16. The lowest BCUT2D eigenvalue weighted by Gasteiger charge is -2.47. The predicted octanol–water partition coefficient (Wildman–Crippen LogP) is 14.3. The van der Waals surface area contributed by atoms with Gasteiger partial charge in [-0.25, -0.2) is 0 Å². The van der Waals surface area contributed by atoms with Gasteiger partial charge >= 0.3 is 23.9 Å². The maximum absolute atomic E-state index is 13.3. The molecule has 8 aliphatic rings. The van der Waals surface area contributed by atoms with Crippen LogP contribution in [0.4, 0.5) is 0 Å². The van der Waals surface area contributed by atoms with E-state index in [4.69, 9.17) is 113 Å². The molecule has 4 saturated heterocycles. The number of hydrogen-bond acceptors (Lipinski definition) is 24. The molecule has 8 aliphatic heterocycles. The first-order valence-corrected chi connectivity index (χ1v) is 42.5. The molecule has 16 atom stereocenters. The summed E-state index contributed by atoms with van der Waals surface area (Å²) in [6.45, 7) is 25.0. The number of carbonyl (C=O) groups excluding carboxylic acids is 4. The van der Waals surface area contributed by atoms with Gasteiger partial charge < -0.3 is 79.8 Å². The summed E-state index contributed by atoms with van der Waals surface area (Å²) in [6, 6.07) is 5.22. The Kier molecular flexibility index (Phi) is 24.6. The molecule has 0 amide bonds. The summed E-state index contributed by atoms with van der Waals surface area (Å²) in [5, 5.41) is 0. The molecule has 24 nitrogen and oxygen atoms in total. The number of nitrogens with zero attached hydrogens (tertiary/aromatic N) is 4. The molecule has 0 bridgehead atoms. The van der Waals surface area contributed by atoms with Crippen molar-refractivity contribution in [1.29, 1.82) is 0 Å². The quantitative estimate of drug-likeness (QED) is 0.0303. The Balaban J connectivity index is 0.000000215. The van der Waals surface area contributed by atoms with Crippen LogP contribution in [0.5, 0.6) is 46.0 Å². The van der Waals surface area contributed by atoms with E-state index < -0.39 is 120 Å². The fourth-order valence-electron chi connectivity index (χ4n) is 18.8. The highest BCUT2D eigenvalue weighted by Gasteiger charge is 2.47. The van der Waals surface area contributed by atoms with Crippen molar-refractivity contribution >= 4 is 23.9 Å². The van der Waals surface area contributed by atoms with Gasteiger partial charge in [-0.1, -0.05) is 111 Å². The zero-order valence-corrected chi connectivity index (χ0v) is 73.8. The zero-order valence-electron chi connectivity index (χ0n) is 97.8. The van der Waals surface area contributed by atoms with Crippen molar-refractivity contribution in [2.24, 2.45) is 93.9 Å². The van der Waals surface area contributed by atoms with Crippen molar-refractivity contribution in [1.82, 2.24) is 19.6 Å². The standard InChI is InChI=1S/4C24H38N2O4/c4*1-14(2)9-17-13-26-8-7-16-10-21(28-5)22(29-6)11-18(16)19(26)12-20(17)30-24(27)23(25)15(3)4/h4*10-11,14-15,17,19-20,23H,7-9,12-13,25H2,1-6H3/i3D3,4D3,5D3,15D,23D;5D3,15D,23D;5D3,23D;5D3,15D. The summed E-state index contributed by atoms with van der Waals surface area (Å²) in [4.78, 5) is 61.3. The van der Waals surface area contributed by atoms with Crippen LogP contribution in [0, 0.1) is 70.9 Å². The van der Waals surface area contributed by atoms with Gasteiger partial charge in [-0.05, 0) is 192 Å². The third kappa shape index (κ3) is 23.8. The van der Waals surface area contributed by atoms with Gasteiger partial charge in [0, 0.05) is 138 Å². The molecule has 4 aromatic carbocycles. The Morgan fingerprint density at radius 2 is 0.592 bits per heavy atom. The maximum Gasteiger partial charge on any atom is 0.323 e. The molecular weight excluding hydrogens is 1520 g/mol. The Bertz CT molecular complexity index is 5030. The first kappa shape index (κ1) is 67.3. The number of hydrogen-bond donors (Lipinski definition) is 4. The highest BCUT2D eigenvalue weighted by Crippen LogP contribution is 2.50. The van der Waals surface area contributed by atoms with Crippen LogP contribution in [-0.4, -0.2) is 201 Å². The topological polar surface area (TPSA) is 296 Å². The fraction of sp³-hybridized carbons (Fsp3) is 0.708. The monoisotopic (exact) mass is 1700 g/mol. The normalized spacial score (nSPS) is 29.5. The number of ether oxygens (including phenoxy) is 12. The predicted molar refractivity (Wildman–Crippen MR) is 471 cm³/mol. The molecule has 4 fully saturated rings. The number of rotatable bonds is 28. The van der Waals surface area contributed by atoms with Gasteiger partial charge in [0.05, 0.1) is 77.2 Å². The molecule has 24 heteroatoms. The van der Waals surface area contributed by atoms with Gasteiger partial charge in [0.2, 0.25) is 0 Å². The molecule has 0 aliphatic carbocycles. The smallest absolute Gasteiger partial charge is 0.323 e. The van der Waals surface area contributed by atoms with Crippen LogP contribution in [0.2, 0.25) is 0 Å². The van der Waals surface area contributed by atoms with Gasteiger partial charge in [0.25, 0.3) is 0 Å². The summed E-state index contributed by atoms with van der Waals surface area (Å²) < 4.78 is 251. The number of esters is 4. The minimum absolute atomic E-state index is 0.000843. The van der Waals surface area contributed by atoms with E-state index in [2.05, 4.69) is 61.1 Å². The van der Waals surface area contributed by atoms with Crippen molar-refractivity contribution in [3.05, 3.63) is 93.0 Å². The number of fused-ring (bicyclic) bond motifs is 12. The molecule has 16 unspecified atom stereocenters. The van der Waals surface area contributed by atoms with E-state index in [1.54, 1.807) is 58.0 Å². The highest BCUT2D eigenvalue weighted by molar-refractivity contribution is 5.77. The van der Waals surface area contributed by atoms with E-state index in [1.165, 1.54) is 42.3 Å². The average molecular weight is 1700 g/mol. The van der Waals surface area contributed by atoms with E-state index >= 15 is 0 Å². The lowest BCUT2D eigenvalue weighted by atomic mass is 9.79. The van der Waals surface area contributed by atoms with Gasteiger partial charge in [-0.15, -0.1) is 0 Å². The molecule has 120 heavy (non-hydrogen) atoms. The molecule has 8 heterocycles. The number of methoxy groups -OCH3 is 8. The summed E-state index contributed by atoms with van der Waals surface area (Å²) in [5.41, 5.74) is 31.4. The van der Waals surface area contributed by atoms with Crippen molar-refractivity contribution in [3.63, 3.8) is 0 Å². The number of benzene rings is 4. The van der Waals surface area contributed by atoms with Crippen LogP contribution in [0.15, 0.2) is 48.5 Å². The maximum atomic E-state index is 13.3. The first-order chi connectivity index (χ1) is 66.0. The second-order valence-corrected chi connectivity index (χ2v) is 35.9. The van der Waals surface area contributed by atoms with Crippen molar-refractivity contribution < 1.29 is 109 Å². The van der Waals surface area contributed by atoms with Crippen LogP contribution >= 0.6 is 0 Å². The second-order valence-electron chi connectivity index (χ2n) is 35.9. The third-order valence-corrected chi connectivity index (χ3v) is 24.9. The average Bonchev–Trinajstić information content (AvgIpc) is 0.717. The Morgan fingerprint density at radius 1 is 0.350 bits per heavy atom. The summed E-state index contributed by atoms with van der Waals surface area (Å²) >= 11 is 0. The van der Waals surface area contributed by atoms with Gasteiger partial charge in [-0.2, -0.15) is 0 Å². The summed E-state index contributed by atoms with van der Waals surface area (Å²) in [7, 11) is -4.58. The Morgan fingerprint density at radius 3 is 0.808 bits per heavy atom.